The summed E-state index contributed by atoms with van der Waals surface area (Å²) in [4.78, 5) is 37.7. The van der Waals surface area contributed by atoms with Crippen LogP contribution in [-0.4, -0.2) is 38.8 Å². The zero-order valence-electron chi connectivity index (χ0n) is 25.8. The highest BCUT2D eigenvalue weighted by Crippen LogP contribution is 2.39. The lowest BCUT2D eigenvalue weighted by molar-refractivity contribution is -0.142. The third-order valence-electron chi connectivity index (χ3n) is 8.77. The molecule has 244 valence electrons. The Hall–Kier alpha value is -4.89. The number of carbonyl (C=O) groups excluding carboxylic acids is 2. The first-order valence-corrected chi connectivity index (χ1v) is 15.6. The monoisotopic (exact) mass is 645 g/mol. The second-order valence-corrected chi connectivity index (χ2v) is 12.0. The molecule has 3 N–H and O–H groups in total. The SMILES string of the molecule is C#CC(N)c1oc(-c2ccc(OCCCCC)c3nc(C(F)(F)F)ccc23)nc1C(=O)NC1(C(=O)N2Cc3ccccc3C2)CCC1. The van der Waals surface area contributed by atoms with Crippen LogP contribution in [0.4, 0.5) is 13.2 Å². The van der Waals surface area contributed by atoms with Gasteiger partial charge in [0.1, 0.15) is 28.5 Å². The lowest BCUT2D eigenvalue weighted by Gasteiger charge is -2.43. The van der Waals surface area contributed by atoms with Crippen molar-refractivity contribution in [1.82, 2.24) is 20.2 Å². The number of benzene rings is 2. The standard InChI is InChI=1S/C35H34F3N5O4/c1-3-5-8-18-46-26-14-12-24(23-13-15-27(35(36,37)38)40-28(23)26)32-41-29(30(47-32)25(39)4-2)31(44)42-34(16-9-17-34)33(45)43-19-21-10-6-7-11-22(21)20-43/h2,6-7,10-15,25H,3,5,8-9,16-20,39H2,1H3,(H,42,44). The highest BCUT2D eigenvalue weighted by Gasteiger charge is 2.49. The molecule has 0 bridgehead atoms. The summed E-state index contributed by atoms with van der Waals surface area (Å²) < 4.78 is 52.8. The predicted octanol–water partition coefficient (Wildman–Crippen LogP) is 6.31. The first-order valence-electron chi connectivity index (χ1n) is 15.6. The van der Waals surface area contributed by atoms with Gasteiger partial charge in [0, 0.05) is 24.0 Å². The van der Waals surface area contributed by atoms with E-state index < -0.39 is 29.4 Å². The minimum Gasteiger partial charge on any atom is -0.491 e. The van der Waals surface area contributed by atoms with Gasteiger partial charge in [0.15, 0.2) is 11.5 Å². The summed E-state index contributed by atoms with van der Waals surface area (Å²) in [5.41, 5.74) is 6.07. The van der Waals surface area contributed by atoms with Gasteiger partial charge in [-0.3, -0.25) is 9.59 Å². The maximum atomic E-state index is 13.8. The number of nitrogens with two attached hydrogens (primary N) is 1. The minimum absolute atomic E-state index is 0.0357. The first-order chi connectivity index (χ1) is 22.5. The highest BCUT2D eigenvalue weighted by atomic mass is 19.4. The van der Waals surface area contributed by atoms with Crippen LogP contribution in [-0.2, 0) is 24.1 Å². The average Bonchev–Trinajstić information content (AvgIpc) is 3.69. The fraction of sp³-hybridized carbons (Fsp3) is 0.371. The number of alkyl halides is 3. The van der Waals surface area contributed by atoms with Crippen molar-refractivity contribution in [1.29, 1.82) is 0 Å². The molecule has 2 aromatic carbocycles. The summed E-state index contributed by atoms with van der Waals surface area (Å²) in [6.45, 7) is 3.23. The van der Waals surface area contributed by atoms with E-state index in [1.165, 1.54) is 12.1 Å². The fourth-order valence-corrected chi connectivity index (χ4v) is 6.06. The minimum atomic E-state index is -4.68. The number of rotatable bonds is 10. The molecule has 1 atom stereocenters. The van der Waals surface area contributed by atoms with Crippen LogP contribution < -0.4 is 15.8 Å². The van der Waals surface area contributed by atoms with Crippen molar-refractivity contribution in [3.63, 3.8) is 0 Å². The molecule has 1 aliphatic carbocycles. The van der Waals surface area contributed by atoms with E-state index >= 15 is 0 Å². The number of unbranched alkanes of at least 4 members (excludes halogenated alkanes) is 2. The van der Waals surface area contributed by atoms with Crippen LogP contribution in [0.1, 0.15) is 84.6 Å². The van der Waals surface area contributed by atoms with Gasteiger partial charge in [-0.15, -0.1) is 6.42 Å². The third-order valence-corrected chi connectivity index (χ3v) is 8.77. The van der Waals surface area contributed by atoms with Crippen LogP contribution in [0.25, 0.3) is 22.4 Å². The van der Waals surface area contributed by atoms with Gasteiger partial charge in [0.05, 0.1) is 6.61 Å². The molecule has 2 aromatic heterocycles. The quantitative estimate of drug-likeness (QED) is 0.153. The molecule has 1 unspecified atom stereocenters. The lowest BCUT2D eigenvalue weighted by Crippen LogP contribution is -2.63. The van der Waals surface area contributed by atoms with Crippen LogP contribution in [0.15, 0.2) is 52.9 Å². The zero-order valence-corrected chi connectivity index (χ0v) is 25.8. The van der Waals surface area contributed by atoms with Crippen molar-refractivity contribution >= 4 is 22.7 Å². The number of nitrogens with one attached hydrogen (secondary N) is 1. The maximum absolute atomic E-state index is 13.8. The van der Waals surface area contributed by atoms with Gasteiger partial charge in [-0.05, 0) is 61.1 Å². The van der Waals surface area contributed by atoms with Crippen LogP contribution in [0.5, 0.6) is 5.75 Å². The van der Waals surface area contributed by atoms with Gasteiger partial charge < -0.3 is 25.1 Å². The summed E-state index contributed by atoms with van der Waals surface area (Å²) in [5.74, 6) is 1.44. The van der Waals surface area contributed by atoms with Crippen molar-refractivity contribution < 1.29 is 31.9 Å². The lowest BCUT2D eigenvalue weighted by atomic mass is 9.75. The van der Waals surface area contributed by atoms with E-state index in [4.69, 9.17) is 21.3 Å². The van der Waals surface area contributed by atoms with Crippen LogP contribution in [0, 0.1) is 12.3 Å². The molecule has 47 heavy (non-hydrogen) atoms. The van der Waals surface area contributed by atoms with Crippen LogP contribution in [0.3, 0.4) is 0 Å². The molecule has 0 saturated heterocycles. The summed E-state index contributed by atoms with van der Waals surface area (Å²) in [6, 6.07) is 11.8. The first kappa shape index (κ1) is 32.1. The topological polar surface area (TPSA) is 124 Å². The highest BCUT2D eigenvalue weighted by molar-refractivity contribution is 6.01. The van der Waals surface area contributed by atoms with E-state index in [0.717, 1.165) is 42.9 Å². The molecule has 2 aliphatic rings. The van der Waals surface area contributed by atoms with Gasteiger partial charge in [-0.1, -0.05) is 50.0 Å². The number of pyridine rings is 1. The van der Waals surface area contributed by atoms with Crippen LogP contribution >= 0.6 is 0 Å². The molecule has 1 fully saturated rings. The number of fused-ring (bicyclic) bond motifs is 2. The molecule has 1 aliphatic heterocycles. The number of hydrogen-bond acceptors (Lipinski definition) is 7. The van der Waals surface area contributed by atoms with Gasteiger partial charge in [0.2, 0.25) is 11.8 Å². The summed E-state index contributed by atoms with van der Waals surface area (Å²) in [5, 5.41) is 3.17. The smallest absolute Gasteiger partial charge is 0.433 e. The number of aromatic nitrogens is 2. The number of amides is 2. The maximum Gasteiger partial charge on any atom is 0.433 e. The van der Waals surface area contributed by atoms with Gasteiger partial charge in [-0.25, -0.2) is 9.97 Å². The fourth-order valence-electron chi connectivity index (χ4n) is 6.06. The zero-order chi connectivity index (χ0) is 33.3. The van der Waals surface area contributed by atoms with E-state index in [9.17, 15) is 22.8 Å². The van der Waals surface area contributed by atoms with Gasteiger partial charge in [0.25, 0.3) is 5.91 Å². The van der Waals surface area contributed by atoms with Crippen molar-refractivity contribution in [2.24, 2.45) is 5.73 Å². The Morgan fingerprint density at radius 3 is 2.45 bits per heavy atom. The Bertz CT molecular complexity index is 1850. The number of oxazole rings is 1. The summed E-state index contributed by atoms with van der Waals surface area (Å²) in [7, 11) is 0. The Labute approximate surface area is 269 Å². The van der Waals surface area contributed by atoms with E-state index in [1.54, 1.807) is 11.0 Å². The van der Waals surface area contributed by atoms with E-state index in [1.807, 2.05) is 31.2 Å². The second kappa shape index (κ2) is 12.7. The molecule has 0 radical (unpaired) electrons. The molecule has 3 heterocycles. The molecule has 2 amide bonds. The molecular formula is C35H34F3N5O4. The largest absolute Gasteiger partial charge is 0.491 e. The Morgan fingerprint density at radius 1 is 1.11 bits per heavy atom. The molecule has 1 saturated carbocycles. The molecular weight excluding hydrogens is 611 g/mol. The normalized spacial score (nSPS) is 15.9. The Balaban J connectivity index is 1.34. The number of ether oxygens (including phenoxy) is 1. The summed E-state index contributed by atoms with van der Waals surface area (Å²) in [6.07, 6.45) is 5.13. The number of nitrogens with zero attached hydrogens (tertiary/aromatic N) is 3. The van der Waals surface area contributed by atoms with Crippen molar-refractivity contribution in [3.05, 3.63) is 76.8 Å². The number of carbonyl (C=O) groups is 2. The van der Waals surface area contributed by atoms with Crippen molar-refractivity contribution in [2.45, 2.75) is 76.3 Å². The second-order valence-electron chi connectivity index (χ2n) is 12.0. The van der Waals surface area contributed by atoms with E-state index in [0.29, 0.717) is 32.5 Å². The average molecular weight is 646 g/mol. The number of halogens is 3. The molecule has 9 nitrogen and oxygen atoms in total. The molecule has 0 spiro atoms. The number of terminal acetylenes is 1. The predicted molar refractivity (Wildman–Crippen MR) is 168 cm³/mol. The molecule has 6 rings (SSSR count). The summed E-state index contributed by atoms with van der Waals surface area (Å²) >= 11 is 0. The van der Waals surface area contributed by atoms with Crippen LogP contribution in [0.2, 0.25) is 0 Å². The van der Waals surface area contributed by atoms with Gasteiger partial charge >= 0.3 is 6.18 Å². The third kappa shape index (κ3) is 6.15. The Morgan fingerprint density at radius 2 is 1.83 bits per heavy atom. The van der Waals surface area contributed by atoms with Crippen molar-refractivity contribution in [3.8, 4) is 29.5 Å². The molecule has 4 aromatic rings. The van der Waals surface area contributed by atoms with Crippen molar-refractivity contribution in [2.75, 3.05) is 6.61 Å². The molecule has 12 heteroatoms. The van der Waals surface area contributed by atoms with Gasteiger partial charge in [-0.2, -0.15) is 13.2 Å². The van der Waals surface area contributed by atoms with E-state index in [2.05, 4.69) is 21.2 Å². The van der Waals surface area contributed by atoms with E-state index in [-0.39, 0.29) is 45.5 Å². The number of hydrogen-bond donors (Lipinski definition) is 2. The Kier molecular flexibility index (Phi) is 8.68.